The Kier molecular flexibility index (Phi) is 3.42. The zero-order chi connectivity index (χ0) is 14.1. The molecular formula is C14H8Cl2O4. The van der Waals surface area contributed by atoms with Gasteiger partial charge in [0.2, 0.25) is 6.79 Å². The molecule has 0 fully saturated rings. The van der Waals surface area contributed by atoms with E-state index in [9.17, 15) is 4.79 Å². The second-order valence-electron chi connectivity index (χ2n) is 4.03. The molecule has 6 heteroatoms. The van der Waals surface area contributed by atoms with Crippen LogP contribution in [0.2, 0.25) is 10.0 Å². The third kappa shape index (κ3) is 2.53. The van der Waals surface area contributed by atoms with Crippen LogP contribution >= 0.6 is 23.2 Å². The zero-order valence-corrected chi connectivity index (χ0v) is 11.6. The molecule has 20 heavy (non-hydrogen) atoms. The predicted molar refractivity (Wildman–Crippen MR) is 74.0 cm³/mol. The maximum atomic E-state index is 12.0. The van der Waals surface area contributed by atoms with E-state index in [1.54, 1.807) is 30.3 Å². The van der Waals surface area contributed by atoms with Gasteiger partial charge in [-0.15, -0.1) is 0 Å². The smallest absolute Gasteiger partial charge is 0.345 e. The second kappa shape index (κ2) is 5.23. The summed E-state index contributed by atoms with van der Waals surface area (Å²) >= 11 is 11.8. The van der Waals surface area contributed by atoms with Gasteiger partial charge in [-0.3, -0.25) is 0 Å². The summed E-state index contributed by atoms with van der Waals surface area (Å²) < 4.78 is 15.6. The molecule has 2 aromatic carbocycles. The van der Waals surface area contributed by atoms with Gasteiger partial charge in [-0.25, -0.2) is 4.79 Å². The van der Waals surface area contributed by atoms with E-state index < -0.39 is 5.97 Å². The number of carbonyl (C=O) groups excluding carboxylic acids is 1. The van der Waals surface area contributed by atoms with Gasteiger partial charge < -0.3 is 14.2 Å². The van der Waals surface area contributed by atoms with Gasteiger partial charge >= 0.3 is 5.97 Å². The molecule has 0 bridgehead atoms. The van der Waals surface area contributed by atoms with Crippen LogP contribution in [0.4, 0.5) is 0 Å². The number of ether oxygens (including phenoxy) is 3. The Labute approximate surface area is 124 Å². The Morgan fingerprint density at radius 1 is 1.05 bits per heavy atom. The average molecular weight is 311 g/mol. The van der Waals surface area contributed by atoms with E-state index in [2.05, 4.69) is 0 Å². The molecular weight excluding hydrogens is 303 g/mol. The van der Waals surface area contributed by atoms with Gasteiger partial charge in [0.25, 0.3) is 0 Å². The van der Waals surface area contributed by atoms with E-state index in [0.29, 0.717) is 22.3 Å². The fourth-order valence-electron chi connectivity index (χ4n) is 1.76. The molecule has 102 valence electrons. The normalized spacial score (nSPS) is 12.3. The summed E-state index contributed by atoms with van der Waals surface area (Å²) in [5.41, 5.74) is 0.205. The third-order valence-corrected chi connectivity index (χ3v) is 3.27. The lowest BCUT2D eigenvalue weighted by Crippen LogP contribution is -2.09. The molecule has 4 nitrogen and oxygen atoms in total. The highest BCUT2D eigenvalue weighted by Gasteiger charge is 2.17. The number of esters is 1. The number of benzene rings is 2. The first-order valence-electron chi connectivity index (χ1n) is 5.70. The molecule has 0 spiro atoms. The van der Waals surface area contributed by atoms with Crippen molar-refractivity contribution in [3.05, 3.63) is 52.0 Å². The first-order chi connectivity index (χ1) is 9.63. The molecule has 0 unspecified atom stereocenters. The van der Waals surface area contributed by atoms with Gasteiger partial charge in [0.1, 0.15) is 5.75 Å². The predicted octanol–water partition coefficient (Wildman–Crippen LogP) is 3.94. The summed E-state index contributed by atoms with van der Waals surface area (Å²) in [6.45, 7) is 0.160. The maximum Gasteiger partial charge on any atom is 0.345 e. The molecule has 0 radical (unpaired) electrons. The number of rotatable bonds is 2. The minimum absolute atomic E-state index is 0.160. The summed E-state index contributed by atoms with van der Waals surface area (Å²) in [4.78, 5) is 12.0. The fraction of sp³-hybridized carbons (Fsp3) is 0.0714. The molecule has 0 aromatic heterocycles. The van der Waals surface area contributed by atoms with Gasteiger partial charge in [0.05, 0.1) is 10.6 Å². The molecule has 0 N–H and O–H groups in total. The van der Waals surface area contributed by atoms with E-state index in [4.69, 9.17) is 37.4 Å². The highest BCUT2D eigenvalue weighted by molar-refractivity contribution is 6.35. The van der Waals surface area contributed by atoms with Crippen molar-refractivity contribution in [1.29, 1.82) is 0 Å². The standard InChI is InChI=1S/C14H8Cl2O4/c15-8-1-3-11(16)10(5-8)14(17)20-9-2-4-12-13(6-9)19-7-18-12/h1-6H,7H2. The van der Waals surface area contributed by atoms with Crippen molar-refractivity contribution >= 4 is 29.2 Å². The second-order valence-corrected chi connectivity index (χ2v) is 4.87. The topological polar surface area (TPSA) is 44.8 Å². The largest absolute Gasteiger partial charge is 0.454 e. The third-order valence-electron chi connectivity index (χ3n) is 2.70. The molecule has 0 saturated carbocycles. The van der Waals surface area contributed by atoms with Crippen molar-refractivity contribution in [2.24, 2.45) is 0 Å². The Morgan fingerprint density at radius 3 is 2.70 bits per heavy atom. The van der Waals surface area contributed by atoms with Gasteiger partial charge in [0.15, 0.2) is 11.5 Å². The van der Waals surface area contributed by atoms with E-state index in [-0.39, 0.29) is 17.4 Å². The highest BCUT2D eigenvalue weighted by Crippen LogP contribution is 2.35. The van der Waals surface area contributed by atoms with Crippen molar-refractivity contribution in [3.8, 4) is 17.2 Å². The summed E-state index contributed by atoms with van der Waals surface area (Å²) in [6, 6.07) is 9.47. The highest BCUT2D eigenvalue weighted by atomic mass is 35.5. The molecule has 1 heterocycles. The van der Waals surface area contributed by atoms with Gasteiger partial charge in [-0.1, -0.05) is 23.2 Å². The van der Waals surface area contributed by atoms with Crippen LogP contribution in [0.5, 0.6) is 17.2 Å². The Morgan fingerprint density at radius 2 is 1.85 bits per heavy atom. The van der Waals surface area contributed by atoms with Crippen LogP contribution < -0.4 is 14.2 Å². The first kappa shape index (κ1) is 13.1. The van der Waals surface area contributed by atoms with Crippen LogP contribution in [0.3, 0.4) is 0 Å². The van der Waals surface area contributed by atoms with Crippen LogP contribution in [0.15, 0.2) is 36.4 Å². The zero-order valence-electron chi connectivity index (χ0n) is 10.1. The molecule has 0 atom stereocenters. The summed E-state index contributed by atoms with van der Waals surface area (Å²) in [7, 11) is 0. The van der Waals surface area contributed by atoms with E-state index in [0.717, 1.165) is 0 Å². The summed E-state index contributed by atoms with van der Waals surface area (Å²) in [5.74, 6) is 0.907. The molecule has 3 rings (SSSR count). The number of hydrogen-bond donors (Lipinski definition) is 0. The molecule has 0 aliphatic carbocycles. The number of hydrogen-bond acceptors (Lipinski definition) is 4. The molecule has 1 aliphatic rings. The first-order valence-corrected chi connectivity index (χ1v) is 6.46. The number of carbonyl (C=O) groups is 1. The lowest BCUT2D eigenvalue weighted by Gasteiger charge is -2.07. The molecule has 0 saturated heterocycles. The van der Waals surface area contributed by atoms with Crippen LogP contribution in [-0.4, -0.2) is 12.8 Å². The number of fused-ring (bicyclic) bond motifs is 1. The Balaban J connectivity index is 1.84. The van der Waals surface area contributed by atoms with Crippen LogP contribution in [-0.2, 0) is 0 Å². The van der Waals surface area contributed by atoms with Crippen molar-refractivity contribution in [2.75, 3.05) is 6.79 Å². The number of halogens is 2. The van der Waals surface area contributed by atoms with E-state index in [1.807, 2.05) is 0 Å². The van der Waals surface area contributed by atoms with E-state index in [1.165, 1.54) is 6.07 Å². The van der Waals surface area contributed by atoms with Gasteiger partial charge in [-0.05, 0) is 30.3 Å². The average Bonchev–Trinajstić information content (AvgIpc) is 2.89. The minimum atomic E-state index is -0.587. The van der Waals surface area contributed by atoms with Gasteiger partial charge in [-0.2, -0.15) is 0 Å². The molecule has 2 aromatic rings. The fourth-order valence-corrected chi connectivity index (χ4v) is 2.12. The van der Waals surface area contributed by atoms with Crippen LogP contribution in [0.1, 0.15) is 10.4 Å². The van der Waals surface area contributed by atoms with Crippen molar-refractivity contribution in [1.82, 2.24) is 0 Å². The monoisotopic (exact) mass is 310 g/mol. The lowest BCUT2D eigenvalue weighted by molar-refractivity contribution is 0.0734. The van der Waals surface area contributed by atoms with Crippen molar-refractivity contribution < 1.29 is 19.0 Å². The summed E-state index contributed by atoms with van der Waals surface area (Å²) in [5, 5.41) is 0.687. The lowest BCUT2D eigenvalue weighted by atomic mass is 10.2. The van der Waals surface area contributed by atoms with Crippen LogP contribution in [0, 0.1) is 0 Å². The van der Waals surface area contributed by atoms with Crippen molar-refractivity contribution in [3.63, 3.8) is 0 Å². The Bertz CT molecular complexity index is 685. The summed E-state index contributed by atoms with van der Waals surface area (Å²) in [6.07, 6.45) is 0. The minimum Gasteiger partial charge on any atom is -0.454 e. The quantitative estimate of drug-likeness (QED) is 0.622. The SMILES string of the molecule is O=C(Oc1ccc2c(c1)OCO2)c1cc(Cl)ccc1Cl. The molecule has 0 amide bonds. The molecule has 1 aliphatic heterocycles. The van der Waals surface area contributed by atoms with E-state index >= 15 is 0 Å². The van der Waals surface area contributed by atoms with Gasteiger partial charge in [0, 0.05) is 11.1 Å². The maximum absolute atomic E-state index is 12.0. The van der Waals surface area contributed by atoms with Crippen LogP contribution in [0.25, 0.3) is 0 Å². The Hall–Kier alpha value is -1.91. The van der Waals surface area contributed by atoms with Crippen molar-refractivity contribution in [2.45, 2.75) is 0 Å².